The first-order chi connectivity index (χ1) is 11.0. The molecule has 1 aromatic rings. The molecule has 3 rings (SSSR count). The van der Waals surface area contributed by atoms with Crippen LogP contribution in [0.4, 0.5) is 0 Å². The molecule has 6 nitrogen and oxygen atoms in total. The van der Waals surface area contributed by atoms with Gasteiger partial charge in [-0.3, -0.25) is 4.79 Å². The topological polar surface area (TPSA) is 63.1 Å². The van der Waals surface area contributed by atoms with Gasteiger partial charge in [-0.05, 0) is 58.9 Å². The Kier molecular flexibility index (Phi) is 4.99. The molecule has 128 valence electrons. The minimum Gasteiger partial charge on any atom is -0.342 e. The largest absolute Gasteiger partial charge is 0.342 e. The zero-order chi connectivity index (χ0) is 16.4. The summed E-state index contributed by atoms with van der Waals surface area (Å²) in [5.74, 6) is 2.87. The molecule has 1 N–H and O–H groups in total. The molecule has 2 aliphatic heterocycles. The van der Waals surface area contributed by atoms with E-state index in [1.54, 1.807) is 0 Å². The van der Waals surface area contributed by atoms with E-state index in [0.717, 1.165) is 57.1 Å². The van der Waals surface area contributed by atoms with Crippen molar-refractivity contribution in [1.82, 2.24) is 25.0 Å². The van der Waals surface area contributed by atoms with Gasteiger partial charge in [-0.15, -0.1) is 0 Å². The van der Waals surface area contributed by atoms with Crippen LogP contribution in [0.15, 0.2) is 0 Å². The van der Waals surface area contributed by atoms with Crippen molar-refractivity contribution in [3.63, 3.8) is 0 Å². The minimum atomic E-state index is 0.209. The van der Waals surface area contributed by atoms with Gasteiger partial charge < -0.3 is 10.2 Å². The molecule has 23 heavy (non-hydrogen) atoms. The fourth-order valence-electron chi connectivity index (χ4n) is 4.01. The predicted molar refractivity (Wildman–Crippen MR) is 89.0 cm³/mol. The van der Waals surface area contributed by atoms with E-state index in [1.165, 1.54) is 6.42 Å². The summed E-state index contributed by atoms with van der Waals surface area (Å²) in [5, 5.41) is 7.90. The van der Waals surface area contributed by atoms with Crippen LogP contribution in [0.1, 0.15) is 44.3 Å². The van der Waals surface area contributed by atoms with Crippen molar-refractivity contribution in [3.05, 3.63) is 11.6 Å². The average molecular weight is 319 g/mol. The van der Waals surface area contributed by atoms with Gasteiger partial charge in [0.25, 0.3) is 0 Å². The predicted octanol–water partition coefficient (Wildman–Crippen LogP) is 1.52. The normalized spacial score (nSPS) is 28.8. The SMILES string of the molecule is Cc1nc(C)n(CC2CCCN(C(=O)[C@H]3CCN[C@@H](C)C3)C2)n1. The van der Waals surface area contributed by atoms with E-state index in [9.17, 15) is 4.79 Å². The molecule has 3 heterocycles. The van der Waals surface area contributed by atoms with Crippen molar-refractivity contribution in [1.29, 1.82) is 0 Å². The van der Waals surface area contributed by atoms with Crippen molar-refractivity contribution in [2.24, 2.45) is 11.8 Å². The maximum atomic E-state index is 12.8. The first-order valence-electron chi connectivity index (χ1n) is 8.93. The van der Waals surface area contributed by atoms with Gasteiger partial charge >= 0.3 is 0 Å². The fourth-order valence-corrected chi connectivity index (χ4v) is 4.01. The van der Waals surface area contributed by atoms with Gasteiger partial charge in [-0.2, -0.15) is 5.10 Å². The first-order valence-corrected chi connectivity index (χ1v) is 8.93. The molecule has 3 atom stereocenters. The molecule has 0 aliphatic carbocycles. The molecular formula is C17H29N5O. The monoisotopic (exact) mass is 319 g/mol. The fraction of sp³-hybridized carbons (Fsp3) is 0.824. The summed E-state index contributed by atoms with van der Waals surface area (Å²) < 4.78 is 2.00. The second-order valence-corrected chi connectivity index (χ2v) is 7.26. The molecule has 2 saturated heterocycles. The summed E-state index contributed by atoms with van der Waals surface area (Å²) in [4.78, 5) is 19.3. The molecule has 1 aromatic heterocycles. The Hall–Kier alpha value is -1.43. The highest BCUT2D eigenvalue weighted by molar-refractivity contribution is 5.79. The third-order valence-electron chi connectivity index (χ3n) is 5.20. The molecule has 6 heteroatoms. The van der Waals surface area contributed by atoms with E-state index in [0.29, 0.717) is 17.9 Å². The number of amides is 1. The first kappa shape index (κ1) is 16.4. The van der Waals surface area contributed by atoms with Crippen LogP contribution in [0.3, 0.4) is 0 Å². The summed E-state index contributed by atoms with van der Waals surface area (Å²) >= 11 is 0. The molecule has 0 aromatic carbocycles. The lowest BCUT2D eigenvalue weighted by Crippen LogP contribution is -2.47. The number of hydrogen-bond donors (Lipinski definition) is 1. The second kappa shape index (κ2) is 6.99. The smallest absolute Gasteiger partial charge is 0.225 e. The van der Waals surface area contributed by atoms with Gasteiger partial charge in [0.15, 0.2) is 0 Å². The summed E-state index contributed by atoms with van der Waals surface area (Å²) in [5.41, 5.74) is 0. The Balaban J connectivity index is 1.59. The van der Waals surface area contributed by atoms with E-state index in [4.69, 9.17) is 0 Å². The Morgan fingerprint density at radius 1 is 1.35 bits per heavy atom. The lowest BCUT2D eigenvalue weighted by atomic mass is 9.90. The van der Waals surface area contributed by atoms with Crippen molar-refractivity contribution in [3.8, 4) is 0 Å². The van der Waals surface area contributed by atoms with E-state index in [-0.39, 0.29) is 5.92 Å². The highest BCUT2D eigenvalue weighted by Crippen LogP contribution is 2.24. The van der Waals surface area contributed by atoms with Crippen LogP contribution < -0.4 is 5.32 Å². The van der Waals surface area contributed by atoms with Gasteiger partial charge in [0.2, 0.25) is 5.91 Å². The van der Waals surface area contributed by atoms with Crippen molar-refractivity contribution in [2.45, 2.75) is 59.0 Å². The summed E-state index contributed by atoms with van der Waals surface area (Å²) in [7, 11) is 0. The summed E-state index contributed by atoms with van der Waals surface area (Å²) in [6.45, 7) is 9.73. The molecule has 0 bridgehead atoms. The number of nitrogens with zero attached hydrogens (tertiary/aromatic N) is 4. The molecule has 1 amide bonds. The molecule has 1 unspecified atom stereocenters. The number of nitrogens with one attached hydrogen (secondary N) is 1. The van der Waals surface area contributed by atoms with Gasteiger partial charge in [-0.1, -0.05) is 0 Å². The van der Waals surface area contributed by atoms with Crippen LogP contribution in [0.25, 0.3) is 0 Å². The molecule has 2 aliphatic rings. The van der Waals surface area contributed by atoms with Crippen molar-refractivity contribution in [2.75, 3.05) is 19.6 Å². The second-order valence-electron chi connectivity index (χ2n) is 7.26. The number of carbonyl (C=O) groups excluding carboxylic acids is 1. The number of rotatable bonds is 3. The number of aromatic nitrogens is 3. The number of likely N-dealkylation sites (tertiary alicyclic amines) is 1. The molecule has 0 radical (unpaired) electrons. The van der Waals surface area contributed by atoms with Crippen LogP contribution >= 0.6 is 0 Å². The molecule has 0 spiro atoms. The van der Waals surface area contributed by atoms with Crippen molar-refractivity contribution >= 4 is 5.91 Å². The number of piperidine rings is 2. The van der Waals surface area contributed by atoms with Crippen LogP contribution in [0.5, 0.6) is 0 Å². The zero-order valence-electron chi connectivity index (χ0n) is 14.6. The lowest BCUT2D eigenvalue weighted by Gasteiger charge is -2.37. The third kappa shape index (κ3) is 3.91. The maximum Gasteiger partial charge on any atom is 0.225 e. The van der Waals surface area contributed by atoms with E-state index in [2.05, 4.69) is 27.2 Å². The highest BCUT2D eigenvalue weighted by atomic mass is 16.2. The Labute approximate surface area is 138 Å². The quantitative estimate of drug-likeness (QED) is 0.917. The average Bonchev–Trinajstić information content (AvgIpc) is 2.84. The van der Waals surface area contributed by atoms with E-state index < -0.39 is 0 Å². The van der Waals surface area contributed by atoms with Gasteiger partial charge in [0, 0.05) is 31.6 Å². The summed E-state index contributed by atoms with van der Waals surface area (Å²) in [6.07, 6.45) is 4.22. The van der Waals surface area contributed by atoms with Crippen LogP contribution in [-0.2, 0) is 11.3 Å². The third-order valence-corrected chi connectivity index (χ3v) is 5.20. The Morgan fingerprint density at radius 2 is 2.17 bits per heavy atom. The Bertz CT molecular complexity index is 555. The number of carbonyl (C=O) groups is 1. The van der Waals surface area contributed by atoms with E-state index >= 15 is 0 Å². The van der Waals surface area contributed by atoms with Crippen LogP contribution in [0.2, 0.25) is 0 Å². The van der Waals surface area contributed by atoms with E-state index in [1.807, 2.05) is 18.5 Å². The highest BCUT2D eigenvalue weighted by Gasteiger charge is 2.31. The standard InChI is InChI=1S/C17H29N5O/c1-12-9-16(6-7-18-12)17(23)21-8-4-5-15(10-21)11-22-14(3)19-13(2)20-22/h12,15-16,18H,4-11H2,1-3H3/t12-,15?,16-/m0/s1. The molecular weight excluding hydrogens is 290 g/mol. The Morgan fingerprint density at radius 3 is 2.87 bits per heavy atom. The van der Waals surface area contributed by atoms with Gasteiger partial charge in [0.05, 0.1) is 0 Å². The van der Waals surface area contributed by atoms with Gasteiger partial charge in [-0.25, -0.2) is 9.67 Å². The zero-order valence-corrected chi connectivity index (χ0v) is 14.6. The lowest BCUT2D eigenvalue weighted by molar-refractivity contribution is -0.138. The van der Waals surface area contributed by atoms with Crippen molar-refractivity contribution < 1.29 is 4.79 Å². The minimum absolute atomic E-state index is 0.209. The van der Waals surface area contributed by atoms with Crippen LogP contribution in [-0.4, -0.2) is 51.2 Å². The molecule has 0 saturated carbocycles. The molecule has 2 fully saturated rings. The number of hydrogen-bond acceptors (Lipinski definition) is 4. The summed E-state index contributed by atoms with van der Waals surface area (Å²) in [6, 6.07) is 0.457. The van der Waals surface area contributed by atoms with Crippen LogP contribution in [0, 0.1) is 25.7 Å². The maximum absolute atomic E-state index is 12.8. The van der Waals surface area contributed by atoms with Gasteiger partial charge in [0.1, 0.15) is 11.6 Å². The number of aryl methyl sites for hydroxylation is 2.